The molecule has 0 fully saturated rings. The smallest absolute Gasteiger partial charge is 0.271 e. The van der Waals surface area contributed by atoms with Crippen molar-refractivity contribution in [2.75, 3.05) is 18.1 Å². The fourth-order valence-electron chi connectivity index (χ4n) is 2.07. The van der Waals surface area contributed by atoms with Crippen LogP contribution in [0.1, 0.15) is 0 Å². The van der Waals surface area contributed by atoms with Crippen molar-refractivity contribution in [1.29, 1.82) is 0 Å². The van der Waals surface area contributed by atoms with Crippen LogP contribution in [0.25, 0.3) is 11.5 Å². The normalized spacial score (nSPS) is 10.9. The summed E-state index contributed by atoms with van der Waals surface area (Å²) in [6.07, 6.45) is 4.55. The van der Waals surface area contributed by atoms with E-state index >= 15 is 0 Å². The van der Waals surface area contributed by atoms with Gasteiger partial charge in [-0.1, -0.05) is 11.6 Å². The van der Waals surface area contributed by atoms with Crippen LogP contribution in [0.4, 0.5) is 28.7 Å². The number of benzene rings is 1. The second-order valence-corrected chi connectivity index (χ2v) is 5.47. The summed E-state index contributed by atoms with van der Waals surface area (Å²) in [5.41, 5.74) is 6.72. The minimum atomic E-state index is -0.553. The molecule has 0 bridgehead atoms. The molecule has 0 aliphatic heterocycles. The summed E-state index contributed by atoms with van der Waals surface area (Å²) >= 11 is 6.01. The Morgan fingerprint density at radius 2 is 2.07 bits per heavy atom. The Morgan fingerprint density at radius 1 is 1.26 bits per heavy atom. The number of azo groups is 1. The van der Waals surface area contributed by atoms with E-state index in [0.29, 0.717) is 11.5 Å². The summed E-state index contributed by atoms with van der Waals surface area (Å²) in [5, 5.41) is 21.7. The maximum absolute atomic E-state index is 10.8. The highest BCUT2D eigenvalue weighted by Crippen LogP contribution is 2.34. The van der Waals surface area contributed by atoms with Crippen molar-refractivity contribution in [2.45, 2.75) is 0 Å². The predicted octanol–water partition coefficient (Wildman–Crippen LogP) is 3.53. The van der Waals surface area contributed by atoms with Gasteiger partial charge in [-0.25, -0.2) is 15.0 Å². The molecule has 3 rings (SSSR count). The third-order valence-corrected chi connectivity index (χ3v) is 3.64. The van der Waals surface area contributed by atoms with Gasteiger partial charge < -0.3 is 11.1 Å². The topological polar surface area (TPSA) is 157 Å². The molecule has 0 aliphatic carbocycles. The fraction of sp³-hybridized carbons (Fsp3) is 0.0667. The van der Waals surface area contributed by atoms with Crippen LogP contribution < -0.4 is 11.1 Å². The summed E-state index contributed by atoms with van der Waals surface area (Å²) in [4.78, 5) is 26.8. The average Bonchev–Trinajstić information content (AvgIpc) is 2.67. The zero-order valence-corrected chi connectivity index (χ0v) is 14.6. The van der Waals surface area contributed by atoms with Crippen LogP contribution in [-0.4, -0.2) is 31.9 Å². The molecular formula is C15H12ClN9O2. The van der Waals surface area contributed by atoms with Crippen LogP contribution in [0, 0.1) is 10.1 Å². The molecule has 27 heavy (non-hydrogen) atoms. The maximum atomic E-state index is 10.8. The molecule has 136 valence electrons. The minimum absolute atomic E-state index is 0.0665. The highest BCUT2D eigenvalue weighted by molar-refractivity contribution is 6.33. The van der Waals surface area contributed by atoms with E-state index in [0.717, 1.165) is 0 Å². The number of non-ortho nitro benzene ring substituents is 1. The molecular weight excluding hydrogens is 374 g/mol. The van der Waals surface area contributed by atoms with Gasteiger partial charge in [0, 0.05) is 31.6 Å². The molecule has 0 saturated heterocycles. The molecule has 3 aromatic rings. The van der Waals surface area contributed by atoms with Gasteiger partial charge >= 0.3 is 0 Å². The van der Waals surface area contributed by atoms with E-state index in [1.54, 1.807) is 7.05 Å². The number of nitrogens with one attached hydrogen (secondary N) is 1. The Morgan fingerprint density at radius 3 is 2.70 bits per heavy atom. The lowest BCUT2D eigenvalue weighted by Gasteiger charge is -2.08. The summed E-state index contributed by atoms with van der Waals surface area (Å²) in [5.74, 6) is 0.666. The number of nitrogen functional groups attached to an aromatic ring is 1. The summed E-state index contributed by atoms with van der Waals surface area (Å²) < 4.78 is 0. The van der Waals surface area contributed by atoms with Gasteiger partial charge in [-0.05, 0) is 6.07 Å². The van der Waals surface area contributed by atoms with Crippen molar-refractivity contribution >= 4 is 40.3 Å². The molecule has 0 saturated carbocycles. The number of rotatable bonds is 5. The SMILES string of the molecule is CNc1nc(-c2cnccn2)nc(N)c1/N=N/c1ccc([N+](=O)[O-])cc1Cl. The van der Waals surface area contributed by atoms with Crippen molar-refractivity contribution in [2.24, 2.45) is 10.2 Å². The lowest BCUT2D eigenvalue weighted by atomic mass is 10.3. The van der Waals surface area contributed by atoms with E-state index in [9.17, 15) is 10.1 Å². The Bertz CT molecular complexity index is 1030. The van der Waals surface area contributed by atoms with Gasteiger partial charge in [0.25, 0.3) is 5.69 Å². The molecule has 2 heterocycles. The molecule has 0 radical (unpaired) electrons. The second kappa shape index (κ2) is 7.66. The van der Waals surface area contributed by atoms with E-state index in [2.05, 4.69) is 35.5 Å². The highest BCUT2D eigenvalue weighted by atomic mass is 35.5. The van der Waals surface area contributed by atoms with Gasteiger partial charge in [0.1, 0.15) is 11.4 Å². The van der Waals surface area contributed by atoms with Crippen molar-refractivity contribution in [3.8, 4) is 11.5 Å². The molecule has 2 aromatic heterocycles. The highest BCUT2D eigenvalue weighted by Gasteiger charge is 2.14. The van der Waals surface area contributed by atoms with Crippen molar-refractivity contribution in [1.82, 2.24) is 19.9 Å². The van der Waals surface area contributed by atoms with Gasteiger partial charge in [0.05, 0.1) is 16.1 Å². The van der Waals surface area contributed by atoms with Gasteiger partial charge in [-0.3, -0.25) is 15.1 Å². The first-order valence-electron chi connectivity index (χ1n) is 7.47. The number of halogens is 1. The lowest BCUT2D eigenvalue weighted by Crippen LogP contribution is -2.03. The van der Waals surface area contributed by atoms with Crippen LogP contribution in [0.3, 0.4) is 0 Å². The largest absolute Gasteiger partial charge is 0.382 e. The monoisotopic (exact) mass is 385 g/mol. The Balaban J connectivity index is 1.97. The zero-order valence-electron chi connectivity index (χ0n) is 13.9. The molecule has 12 heteroatoms. The first-order chi connectivity index (χ1) is 13.0. The summed E-state index contributed by atoms with van der Waals surface area (Å²) in [7, 11) is 1.64. The van der Waals surface area contributed by atoms with Gasteiger partial charge in [-0.2, -0.15) is 0 Å². The summed E-state index contributed by atoms with van der Waals surface area (Å²) in [6.45, 7) is 0. The Hall–Kier alpha value is -3.73. The van der Waals surface area contributed by atoms with Crippen LogP contribution in [-0.2, 0) is 0 Å². The van der Waals surface area contributed by atoms with E-state index in [1.807, 2.05) is 0 Å². The first-order valence-corrected chi connectivity index (χ1v) is 7.84. The first kappa shape index (κ1) is 18.1. The number of aromatic nitrogens is 4. The quantitative estimate of drug-likeness (QED) is 0.383. The van der Waals surface area contributed by atoms with Crippen LogP contribution in [0.5, 0.6) is 0 Å². The Kier molecular flexibility index (Phi) is 5.13. The number of hydrogen-bond acceptors (Lipinski definition) is 10. The van der Waals surface area contributed by atoms with Gasteiger partial charge in [0.15, 0.2) is 23.1 Å². The lowest BCUT2D eigenvalue weighted by molar-refractivity contribution is -0.384. The molecule has 0 aliphatic rings. The predicted molar refractivity (Wildman–Crippen MR) is 99.3 cm³/mol. The minimum Gasteiger partial charge on any atom is -0.382 e. The number of nitrogens with two attached hydrogens (primary N) is 1. The molecule has 0 atom stereocenters. The third-order valence-electron chi connectivity index (χ3n) is 3.34. The van der Waals surface area contributed by atoms with Crippen molar-refractivity contribution < 1.29 is 4.92 Å². The summed E-state index contributed by atoms with van der Waals surface area (Å²) in [6, 6.07) is 3.84. The van der Waals surface area contributed by atoms with Crippen LogP contribution in [0.15, 0.2) is 47.0 Å². The maximum Gasteiger partial charge on any atom is 0.271 e. The third kappa shape index (κ3) is 3.93. The second-order valence-electron chi connectivity index (χ2n) is 5.06. The molecule has 0 unspecified atom stereocenters. The van der Waals surface area contributed by atoms with Crippen molar-refractivity contribution in [3.63, 3.8) is 0 Å². The average molecular weight is 386 g/mol. The molecule has 0 spiro atoms. The molecule has 1 aromatic carbocycles. The number of nitrogens with zero attached hydrogens (tertiary/aromatic N) is 7. The van der Waals surface area contributed by atoms with E-state index in [-0.39, 0.29) is 33.7 Å². The van der Waals surface area contributed by atoms with Crippen LogP contribution >= 0.6 is 11.6 Å². The van der Waals surface area contributed by atoms with E-state index in [4.69, 9.17) is 17.3 Å². The number of hydrogen-bond donors (Lipinski definition) is 2. The van der Waals surface area contributed by atoms with Crippen molar-refractivity contribution in [3.05, 3.63) is 51.9 Å². The Labute approximate surface area is 157 Å². The zero-order chi connectivity index (χ0) is 19.4. The number of nitro benzene ring substituents is 1. The molecule has 3 N–H and O–H groups in total. The fourth-order valence-corrected chi connectivity index (χ4v) is 2.28. The van der Waals surface area contributed by atoms with Gasteiger partial charge in [-0.15, -0.1) is 10.2 Å². The number of nitro groups is 1. The standard InChI is InChI=1S/C15H12ClN9O2/c1-18-15-12(13(17)21-14(22-15)11-7-19-4-5-20-11)24-23-10-3-2-8(25(26)27)6-9(10)16/h2-7H,1H3,(H3,17,18,21,22)/b24-23+. The molecule has 0 amide bonds. The van der Waals surface area contributed by atoms with Crippen LogP contribution in [0.2, 0.25) is 5.02 Å². The van der Waals surface area contributed by atoms with E-state index < -0.39 is 4.92 Å². The van der Waals surface area contributed by atoms with Gasteiger partial charge in [0.2, 0.25) is 0 Å². The molecule has 11 nitrogen and oxygen atoms in total. The van der Waals surface area contributed by atoms with E-state index in [1.165, 1.54) is 36.8 Å². The number of anilines is 2.